The van der Waals surface area contributed by atoms with E-state index in [-0.39, 0.29) is 18.0 Å². The number of nitrogens with zero attached hydrogens (tertiary/aromatic N) is 4. The van der Waals surface area contributed by atoms with Crippen LogP contribution in [0.2, 0.25) is 0 Å². The van der Waals surface area contributed by atoms with Crippen molar-refractivity contribution >= 4 is 12.0 Å². The second kappa shape index (κ2) is 7.90. The number of piperidine rings is 1. The van der Waals surface area contributed by atoms with Crippen LogP contribution in [0, 0.1) is 13.8 Å². The fourth-order valence-electron chi connectivity index (χ4n) is 4.25. The Balaban J connectivity index is 1.50. The molecule has 1 atom stereocenters. The molecular weight excluding hydrogens is 344 g/mol. The van der Waals surface area contributed by atoms with Crippen molar-refractivity contribution in [2.24, 2.45) is 0 Å². The number of carbonyl (C=O) groups is 2. The van der Waals surface area contributed by atoms with Gasteiger partial charge in [0.1, 0.15) is 5.60 Å². The highest BCUT2D eigenvalue weighted by molar-refractivity contribution is 5.76. The molecule has 3 heterocycles. The van der Waals surface area contributed by atoms with Crippen LogP contribution in [-0.2, 0) is 16.1 Å². The van der Waals surface area contributed by atoms with Crippen LogP contribution in [0.25, 0.3) is 0 Å². The van der Waals surface area contributed by atoms with Gasteiger partial charge in [0.2, 0.25) is 5.91 Å². The van der Waals surface area contributed by atoms with E-state index in [1.165, 1.54) is 0 Å². The highest BCUT2D eigenvalue weighted by atomic mass is 16.6. The van der Waals surface area contributed by atoms with Crippen LogP contribution in [-0.4, -0.2) is 62.9 Å². The minimum atomic E-state index is -0.411. The number of amides is 2. The second-order valence-electron chi connectivity index (χ2n) is 8.10. The third kappa shape index (κ3) is 4.28. The number of likely N-dealkylation sites (tertiary alicyclic amines) is 1. The fourth-order valence-corrected chi connectivity index (χ4v) is 4.25. The molecule has 1 aromatic heterocycles. The van der Waals surface area contributed by atoms with Crippen LogP contribution in [0.5, 0.6) is 0 Å². The van der Waals surface area contributed by atoms with Gasteiger partial charge in [-0.15, -0.1) is 0 Å². The first-order valence-electron chi connectivity index (χ1n) is 10.1. The fraction of sp³-hybridized carbons (Fsp3) is 0.750. The van der Waals surface area contributed by atoms with E-state index in [4.69, 9.17) is 4.74 Å². The van der Waals surface area contributed by atoms with Crippen molar-refractivity contribution in [2.75, 3.05) is 19.6 Å². The van der Waals surface area contributed by atoms with Crippen LogP contribution < -0.4 is 0 Å². The second-order valence-corrected chi connectivity index (χ2v) is 8.10. The van der Waals surface area contributed by atoms with Gasteiger partial charge in [-0.2, -0.15) is 5.10 Å². The molecule has 0 saturated carbocycles. The molecule has 0 aliphatic carbocycles. The summed E-state index contributed by atoms with van der Waals surface area (Å²) in [7, 11) is 0. The van der Waals surface area contributed by atoms with Crippen molar-refractivity contribution in [2.45, 2.75) is 78.0 Å². The molecule has 2 fully saturated rings. The maximum atomic E-state index is 12.6. The molecule has 7 nitrogen and oxygen atoms in total. The summed E-state index contributed by atoms with van der Waals surface area (Å²) < 4.78 is 7.67. The molecule has 0 radical (unpaired) electrons. The van der Waals surface area contributed by atoms with Gasteiger partial charge in [0.05, 0.1) is 12.2 Å². The van der Waals surface area contributed by atoms with Crippen LogP contribution in [0.1, 0.15) is 57.3 Å². The number of hydrogen-bond donors (Lipinski definition) is 0. The normalized spacial score (nSPS) is 20.2. The number of aromatic nitrogens is 2. The maximum absolute atomic E-state index is 12.6. The standard InChI is InChI=1S/C20H32N4O3/c1-5-6-16(3)23-14-20(27-19(23)26)8-11-22(12-9-20)18(25)7-10-24-17(4)13-15(2)21-24/h13,16H,5-12,14H2,1-4H3/t16-/m0/s1. The molecule has 150 valence electrons. The SMILES string of the molecule is CCC[C@H](C)N1CC2(CCN(C(=O)CCn3nc(C)cc3C)CC2)OC1=O. The number of hydrogen-bond acceptors (Lipinski definition) is 4. The molecule has 1 aromatic rings. The molecule has 0 N–H and O–H groups in total. The minimum absolute atomic E-state index is 0.151. The van der Waals surface area contributed by atoms with Gasteiger partial charge in [0, 0.05) is 50.6 Å². The van der Waals surface area contributed by atoms with Gasteiger partial charge in [-0.1, -0.05) is 13.3 Å². The summed E-state index contributed by atoms with van der Waals surface area (Å²) in [5.41, 5.74) is 1.65. The number of carbonyl (C=O) groups excluding carboxylic acids is 2. The van der Waals surface area contributed by atoms with Crippen LogP contribution in [0.3, 0.4) is 0 Å². The predicted molar refractivity (Wildman–Crippen MR) is 102 cm³/mol. The van der Waals surface area contributed by atoms with Gasteiger partial charge in [0.25, 0.3) is 0 Å². The Morgan fingerprint density at radius 1 is 1.33 bits per heavy atom. The van der Waals surface area contributed by atoms with Crippen molar-refractivity contribution in [3.8, 4) is 0 Å². The summed E-state index contributed by atoms with van der Waals surface area (Å²) in [5.74, 6) is 0.151. The van der Waals surface area contributed by atoms with E-state index in [9.17, 15) is 9.59 Å². The Bertz CT molecular complexity index is 691. The molecule has 0 bridgehead atoms. The molecule has 7 heteroatoms. The average Bonchev–Trinajstić information content (AvgIpc) is 3.12. The molecule has 2 aliphatic rings. The Hall–Kier alpha value is -2.05. The van der Waals surface area contributed by atoms with E-state index in [0.29, 0.717) is 32.6 Å². The highest BCUT2D eigenvalue weighted by Crippen LogP contribution is 2.34. The zero-order valence-electron chi connectivity index (χ0n) is 17.0. The topological polar surface area (TPSA) is 67.7 Å². The van der Waals surface area contributed by atoms with E-state index < -0.39 is 5.60 Å². The van der Waals surface area contributed by atoms with Crippen LogP contribution in [0.4, 0.5) is 4.79 Å². The molecule has 1 spiro atoms. The van der Waals surface area contributed by atoms with Gasteiger partial charge in [-0.25, -0.2) is 4.79 Å². The van der Waals surface area contributed by atoms with E-state index in [1.807, 2.05) is 34.4 Å². The van der Waals surface area contributed by atoms with Gasteiger partial charge >= 0.3 is 6.09 Å². The summed E-state index contributed by atoms with van der Waals surface area (Å²) in [6.45, 7) is 10.7. The first-order valence-corrected chi connectivity index (χ1v) is 10.1. The predicted octanol–water partition coefficient (Wildman–Crippen LogP) is 2.89. The zero-order chi connectivity index (χ0) is 19.6. The number of rotatable bonds is 6. The Labute approximate surface area is 161 Å². The molecule has 3 rings (SSSR count). The summed E-state index contributed by atoms with van der Waals surface area (Å²) in [4.78, 5) is 28.6. The van der Waals surface area contributed by atoms with Crippen molar-refractivity contribution in [1.29, 1.82) is 0 Å². The lowest BCUT2D eigenvalue weighted by atomic mass is 9.90. The van der Waals surface area contributed by atoms with Crippen molar-refractivity contribution in [1.82, 2.24) is 19.6 Å². The maximum Gasteiger partial charge on any atom is 0.410 e. The molecule has 2 saturated heterocycles. The molecule has 0 unspecified atom stereocenters. The Morgan fingerprint density at radius 2 is 2.04 bits per heavy atom. The zero-order valence-corrected chi connectivity index (χ0v) is 17.0. The lowest BCUT2D eigenvalue weighted by Crippen LogP contribution is -2.49. The first kappa shape index (κ1) is 19.7. The first-order chi connectivity index (χ1) is 12.8. The minimum Gasteiger partial charge on any atom is -0.441 e. The van der Waals surface area contributed by atoms with Crippen molar-refractivity contribution in [3.05, 3.63) is 17.5 Å². The van der Waals surface area contributed by atoms with E-state index in [0.717, 1.165) is 37.1 Å². The van der Waals surface area contributed by atoms with E-state index in [1.54, 1.807) is 0 Å². The largest absolute Gasteiger partial charge is 0.441 e. The summed E-state index contributed by atoms with van der Waals surface area (Å²) >= 11 is 0. The van der Waals surface area contributed by atoms with Crippen molar-refractivity contribution < 1.29 is 14.3 Å². The highest BCUT2D eigenvalue weighted by Gasteiger charge is 2.48. The summed E-state index contributed by atoms with van der Waals surface area (Å²) in [6, 6.07) is 2.23. The molecule has 27 heavy (non-hydrogen) atoms. The Morgan fingerprint density at radius 3 is 2.63 bits per heavy atom. The van der Waals surface area contributed by atoms with Gasteiger partial charge < -0.3 is 14.5 Å². The van der Waals surface area contributed by atoms with E-state index >= 15 is 0 Å². The molecule has 2 amide bonds. The lowest BCUT2D eigenvalue weighted by molar-refractivity contribution is -0.134. The summed E-state index contributed by atoms with van der Waals surface area (Å²) in [6.07, 6.45) is 3.74. The van der Waals surface area contributed by atoms with Gasteiger partial charge in [-0.05, 0) is 33.3 Å². The average molecular weight is 377 g/mol. The summed E-state index contributed by atoms with van der Waals surface area (Å²) in [5, 5.41) is 4.42. The van der Waals surface area contributed by atoms with Gasteiger partial charge in [0.15, 0.2) is 0 Å². The van der Waals surface area contributed by atoms with Gasteiger partial charge in [-0.3, -0.25) is 9.48 Å². The van der Waals surface area contributed by atoms with Crippen LogP contribution in [0.15, 0.2) is 6.07 Å². The van der Waals surface area contributed by atoms with Crippen LogP contribution >= 0.6 is 0 Å². The monoisotopic (exact) mass is 376 g/mol. The molecule has 0 aromatic carbocycles. The quantitative estimate of drug-likeness (QED) is 0.766. The molecule has 2 aliphatic heterocycles. The lowest BCUT2D eigenvalue weighted by Gasteiger charge is -2.37. The molecular formula is C20H32N4O3. The third-order valence-corrected chi connectivity index (χ3v) is 5.90. The van der Waals surface area contributed by atoms with E-state index in [2.05, 4.69) is 18.9 Å². The van der Waals surface area contributed by atoms with Crippen molar-refractivity contribution in [3.63, 3.8) is 0 Å². The number of aryl methyl sites for hydroxylation is 3. The Kier molecular flexibility index (Phi) is 5.77. The third-order valence-electron chi connectivity index (χ3n) is 5.90. The number of ether oxygens (including phenoxy) is 1. The smallest absolute Gasteiger partial charge is 0.410 e.